The first-order chi connectivity index (χ1) is 5.65. The largest absolute Gasteiger partial charge is 0.345 e. The standard InChI is InChI=1S/C8H14N2O2/c1-3-5(2)7-8(12)9-4-6(11)10-7/h5,7H,3-4H2,1-2H3,(H,9,12)(H,10,11)/t5?,7-/m0/s1. The van der Waals surface area contributed by atoms with Gasteiger partial charge in [0.15, 0.2) is 0 Å². The van der Waals surface area contributed by atoms with Gasteiger partial charge in [-0.15, -0.1) is 0 Å². The van der Waals surface area contributed by atoms with Gasteiger partial charge in [-0.25, -0.2) is 0 Å². The second-order valence-corrected chi connectivity index (χ2v) is 3.15. The van der Waals surface area contributed by atoms with Crippen molar-refractivity contribution in [2.75, 3.05) is 6.54 Å². The Morgan fingerprint density at radius 1 is 1.58 bits per heavy atom. The first kappa shape index (κ1) is 9.03. The number of amides is 2. The molecule has 4 nitrogen and oxygen atoms in total. The lowest BCUT2D eigenvalue weighted by molar-refractivity contribution is -0.134. The van der Waals surface area contributed by atoms with E-state index < -0.39 is 0 Å². The van der Waals surface area contributed by atoms with Gasteiger partial charge < -0.3 is 10.6 Å². The minimum absolute atomic E-state index is 0.0658. The van der Waals surface area contributed by atoms with Crippen molar-refractivity contribution < 1.29 is 9.59 Å². The van der Waals surface area contributed by atoms with Crippen molar-refractivity contribution in [2.24, 2.45) is 5.92 Å². The molecule has 0 bridgehead atoms. The topological polar surface area (TPSA) is 58.2 Å². The van der Waals surface area contributed by atoms with Crippen LogP contribution in [-0.4, -0.2) is 24.4 Å². The van der Waals surface area contributed by atoms with Gasteiger partial charge in [0.2, 0.25) is 11.8 Å². The molecule has 68 valence electrons. The highest BCUT2D eigenvalue weighted by atomic mass is 16.2. The van der Waals surface area contributed by atoms with Gasteiger partial charge in [-0.3, -0.25) is 9.59 Å². The van der Waals surface area contributed by atoms with Gasteiger partial charge in [0.1, 0.15) is 6.04 Å². The molecule has 12 heavy (non-hydrogen) atoms. The molecule has 1 unspecified atom stereocenters. The van der Waals surface area contributed by atoms with Crippen LogP contribution in [0.3, 0.4) is 0 Å². The average molecular weight is 170 g/mol. The Bertz CT molecular complexity index is 203. The summed E-state index contributed by atoms with van der Waals surface area (Å²) in [5, 5.41) is 5.21. The lowest BCUT2D eigenvalue weighted by Crippen LogP contribution is -2.58. The summed E-state index contributed by atoms with van der Waals surface area (Å²) in [5.41, 5.74) is 0. The molecule has 2 amide bonds. The molecule has 1 heterocycles. The number of carbonyl (C=O) groups excluding carboxylic acids is 2. The number of hydrogen-bond donors (Lipinski definition) is 2. The van der Waals surface area contributed by atoms with E-state index in [0.717, 1.165) is 6.42 Å². The van der Waals surface area contributed by atoms with Gasteiger partial charge in [0, 0.05) is 0 Å². The second kappa shape index (κ2) is 3.56. The van der Waals surface area contributed by atoms with Crippen molar-refractivity contribution in [2.45, 2.75) is 26.3 Å². The molecule has 1 aliphatic rings. The zero-order chi connectivity index (χ0) is 9.14. The molecule has 1 aliphatic heterocycles. The molecule has 1 rings (SSSR count). The molecular formula is C8H14N2O2. The van der Waals surface area contributed by atoms with Crippen LogP contribution in [0.4, 0.5) is 0 Å². The van der Waals surface area contributed by atoms with E-state index >= 15 is 0 Å². The van der Waals surface area contributed by atoms with Crippen LogP contribution >= 0.6 is 0 Å². The van der Waals surface area contributed by atoms with Crippen LogP contribution in [0.25, 0.3) is 0 Å². The molecule has 0 aromatic carbocycles. The smallest absolute Gasteiger partial charge is 0.243 e. The Kier molecular flexibility index (Phi) is 2.68. The maximum Gasteiger partial charge on any atom is 0.243 e. The van der Waals surface area contributed by atoms with Gasteiger partial charge in [-0.1, -0.05) is 20.3 Å². The van der Waals surface area contributed by atoms with Crippen molar-refractivity contribution in [1.29, 1.82) is 0 Å². The average Bonchev–Trinajstić information content (AvgIpc) is 2.08. The number of nitrogens with one attached hydrogen (secondary N) is 2. The van der Waals surface area contributed by atoms with E-state index in [1.54, 1.807) is 0 Å². The Hall–Kier alpha value is -1.06. The van der Waals surface area contributed by atoms with Crippen LogP contribution in [0.5, 0.6) is 0 Å². The lowest BCUT2D eigenvalue weighted by Gasteiger charge is -2.27. The Labute approximate surface area is 71.7 Å². The summed E-state index contributed by atoms with van der Waals surface area (Å²) in [6, 6.07) is -0.337. The summed E-state index contributed by atoms with van der Waals surface area (Å²) in [5.74, 6) is 0.0399. The molecule has 2 atom stereocenters. The molecule has 0 radical (unpaired) electrons. The van der Waals surface area contributed by atoms with Crippen LogP contribution in [-0.2, 0) is 9.59 Å². The van der Waals surface area contributed by atoms with E-state index in [9.17, 15) is 9.59 Å². The molecule has 1 fully saturated rings. The van der Waals surface area contributed by atoms with Crippen molar-refractivity contribution in [3.63, 3.8) is 0 Å². The van der Waals surface area contributed by atoms with Crippen LogP contribution in [0.2, 0.25) is 0 Å². The monoisotopic (exact) mass is 170 g/mol. The first-order valence-corrected chi connectivity index (χ1v) is 4.22. The van der Waals surface area contributed by atoms with Crippen molar-refractivity contribution >= 4 is 11.8 Å². The highest BCUT2D eigenvalue weighted by molar-refractivity contribution is 5.94. The predicted octanol–water partition coefficient (Wildman–Crippen LogP) is -0.353. The molecule has 0 aliphatic carbocycles. The van der Waals surface area contributed by atoms with E-state index in [-0.39, 0.29) is 30.3 Å². The summed E-state index contributed by atoms with van der Waals surface area (Å²) in [7, 11) is 0. The summed E-state index contributed by atoms with van der Waals surface area (Å²) in [6.07, 6.45) is 0.887. The van der Waals surface area contributed by atoms with Gasteiger partial charge in [-0.05, 0) is 5.92 Å². The molecule has 0 aromatic rings. The van der Waals surface area contributed by atoms with E-state index in [2.05, 4.69) is 10.6 Å². The van der Waals surface area contributed by atoms with Crippen LogP contribution in [0, 0.1) is 5.92 Å². The van der Waals surface area contributed by atoms with E-state index in [4.69, 9.17) is 0 Å². The van der Waals surface area contributed by atoms with Gasteiger partial charge in [0.05, 0.1) is 6.54 Å². The lowest BCUT2D eigenvalue weighted by atomic mass is 9.97. The second-order valence-electron chi connectivity index (χ2n) is 3.15. The van der Waals surface area contributed by atoms with Crippen molar-refractivity contribution in [1.82, 2.24) is 10.6 Å². The van der Waals surface area contributed by atoms with Crippen LogP contribution in [0.1, 0.15) is 20.3 Å². The maximum atomic E-state index is 11.2. The summed E-state index contributed by atoms with van der Waals surface area (Å²) in [4.78, 5) is 22.1. The predicted molar refractivity (Wildman–Crippen MR) is 44.4 cm³/mol. The summed E-state index contributed by atoms with van der Waals surface area (Å²) in [6.45, 7) is 4.07. The molecule has 0 saturated carbocycles. The zero-order valence-corrected chi connectivity index (χ0v) is 7.39. The summed E-state index contributed by atoms with van der Waals surface area (Å²) < 4.78 is 0. The van der Waals surface area contributed by atoms with E-state index in [1.807, 2.05) is 13.8 Å². The third-order valence-electron chi connectivity index (χ3n) is 2.24. The highest BCUT2D eigenvalue weighted by Gasteiger charge is 2.29. The molecule has 2 N–H and O–H groups in total. The minimum atomic E-state index is -0.337. The van der Waals surface area contributed by atoms with Crippen molar-refractivity contribution in [3.05, 3.63) is 0 Å². The molecule has 0 spiro atoms. The van der Waals surface area contributed by atoms with E-state index in [1.165, 1.54) is 0 Å². The summed E-state index contributed by atoms with van der Waals surface area (Å²) >= 11 is 0. The van der Waals surface area contributed by atoms with Gasteiger partial charge in [-0.2, -0.15) is 0 Å². The Morgan fingerprint density at radius 3 is 2.83 bits per heavy atom. The third-order valence-corrected chi connectivity index (χ3v) is 2.24. The van der Waals surface area contributed by atoms with Crippen LogP contribution in [0.15, 0.2) is 0 Å². The highest BCUT2D eigenvalue weighted by Crippen LogP contribution is 2.09. The van der Waals surface area contributed by atoms with Gasteiger partial charge in [0.25, 0.3) is 0 Å². The number of piperazine rings is 1. The minimum Gasteiger partial charge on any atom is -0.345 e. The quantitative estimate of drug-likeness (QED) is 0.595. The Balaban J connectivity index is 2.60. The number of carbonyl (C=O) groups is 2. The third kappa shape index (κ3) is 1.75. The van der Waals surface area contributed by atoms with Gasteiger partial charge >= 0.3 is 0 Å². The maximum absolute atomic E-state index is 11.2. The fourth-order valence-electron chi connectivity index (χ4n) is 1.20. The number of rotatable bonds is 2. The van der Waals surface area contributed by atoms with E-state index in [0.29, 0.717) is 0 Å². The molecule has 1 saturated heterocycles. The molecule has 4 heteroatoms. The number of hydrogen-bond acceptors (Lipinski definition) is 2. The normalized spacial score (nSPS) is 26.0. The fourth-order valence-corrected chi connectivity index (χ4v) is 1.20. The zero-order valence-electron chi connectivity index (χ0n) is 7.39. The van der Waals surface area contributed by atoms with Crippen LogP contribution < -0.4 is 10.6 Å². The molecule has 0 aromatic heterocycles. The SMILES string of the molecule is CCC(C)[C@@H]1NC(=O)CNC1=O. The van der Waals surface area contributed by atoms with Crippen molar-refractivity contribution in [3.8, 4) is 0 Å². The fraction of sp³-hybridized carbons (Fsp3) is 0.750. The first-order valence-electron chi connectivity index (χ1n) is 4.22. The molecular weight excluding hydrogens is 156 g/mol. The Morgan fingerprint density at radius 2 is 2.25 bits per heavy atom.